The number of nitro benzene ring substituents is 1. The zero-order chi connectivity index (χ0) is 16.3. The van der Waals surface area contributed by atoms with Gasteiger partial charge < -0.3 is 14.7 Å². The van der Waals surface area contributed by atoms with Crippen molar-refractivity contribution < 1.29 is 24.4 Å². The molecule has 1 unspecified atom stereocenters. The average Bonchev–Trinajstić information content (AvgIpc) is 2.53. The maximum absolute atomic E-state index is 12.6. The van der Waals surface area contributed by atoms with Gasteiger partial charge in [-0.2, -0.15) is 0 Å². The van der Waals surface area contributed by atoms with Crippen LogP contribution in [0.5, 0.6) is 5.75 Å². The molecule has 0 aliphatic carbocycles. The van der Waals surface area contributed by atoms with Crippen LogP contribution in [-0.2, 0) is 4.79 Å². The minimum absolute atomic E-state index is 0.0638. The van der Waals surface area contributed by atoms with E-state index < -0.39 is 22.8 Å². The zero-order valence-electron chi connectivity index (χ0n) is 12.0. The van der Waals surface area contributed by atoms with E-state index in [1.54, 1.807) is 0 Å². The minimum Gasteiger partial charge on any atom is -0.496 e. The van der Waals surface area contributed by atoms with Crippen molar-refractivity contribution in [3.63, 3.8) is 0 Å². The number of hydrogen-bond acceptors (Lipinski definition) is 5. The molecule has 1 aromatic rings. The van der Waals surface area contributed by atoms with Crippen LogP contribution in [0.15, 0.2) is 18.2 Å². The van der Waals surface area contributed by atoms with Crippen molar-refractivity contribution in [3.05, 3.63) is 33.9 Å². The Bertz CT molecular complexity index is 615. The van der Waals surface area contributed by atoms with Crippen LogP contribution in [0.4, 0.5) is 5.69 Å². The van der Waals surface area contributed by atoms with Crippen molar-refractivity contribution in [2.75, 3.05) is 13.7 Å². The molecular formula is C14H16N2O6. The van der Waals surface area contributed by atoms with E-state index in [1.165, 1.54) is 24.1 Å². The van der Waals surface area contributed by atoms with Gasteiger partial charge >= 0.3 is 5.97 Å². The van der Waals surface area contributed by atoms with Crippen LogP contribution < -0.4 is 4.74 Å². The molecule has 118 valence electrons. The number of methoxy groups -OCH3 is 1. The molecule has 1 atom stereocenters. The summed E-state index contributed by atoms with van der Waals surface area (Å²) in [5.74, 6) is -1.47. The Morgan fingerprint density at radius 2 is 2.14 bits per heavy atom. The van der Waals surface area contributed by atoms with E-state index in [2.05, 4.69) is 0 Å². The van der Waals surface area contributed by atoms with Gasteiger partial charge in [-0.1, -0.05) is 0 Å². The van der Waals surface area contributed by atoms with Crippen molar-refractivity contribution in [3.8, 4) is 5.75 Å². The third-order valence-electron chi connectivity index (χ3n) is 3.68. The third-order valence-corrected chi connectivity index (χ3v) is 3.68. The van der Waals surface area contributed by atoms with Crippen LogP contribution >= 0.6 is 0 Å². The molecule has 2 rings (SSSR count). The second-order valence-corrected chi connectivity index (χ2v) is 4.99. The fraction of sp³-hybridized carbons (Fsp3) is 0.429. The van der Waals surface area contributed by atoms with Gasteiger partial charge in [0.2, 0.25) is 0 Å². The van der Waals surface area contributed by atoms with Gasteiger partial charge in [-0.15, -0.1) is 0 Å². The Hall–Kier alpha value is -2.64. The van der Waals surface area contributed by atoms with E-state index in [0.717, 1.165) is 18.9 Å². The zero-order valence-corrected chi connectivity index (χ0v) is 12.0. The molecule has 0 aromatic heterocycles. The number of ether oxygens (including phenoxy) is 1. The van der Waals surface area contributed by atoms with Gasteiger partial charge in [0.05, 0.1) is 23.7 Å². The summed E-state index contributed by atoms with van der Waals surface area (Å²) in [6, 6.07) is 2.79. The Morgan fingerprint density at radius 1 is 1.41 bits per heavy atom. The predicted molar refractivity (Wildman–Crippen MR) is 76.0 cm³/mol. The van der Waals surface area contributed by atoms with Crippen LogP contribution in [0.3, 0.4) is 0 Å². The number of carbonyl (C=O) groups excluding carboxylic acids is 1. The molecule has 0 bridgehead atoms. The van der Waals surface area contributed by atoms with Crippen molar-refractivity contribution >= 4 is 17.6 Å². The normalized spacial score (nSPS) is 17.9. The average molecular weight is 308 g/mol. The van der Waals surface area contributed by atoms with Gasteiger partial charge in [0.1, 0.15) is 11.8 Å². The van der Waals surface area contributed by atoms with Gasteiger partial charge in [0.25, 0.3) is 11.6 Å². The summed E-state index contributed by atoms with van der Waals surface area (Å²) >= 11 is 0. The van der Waals surface area contributed by atoms with Gasteiger partial charge in [-0.3, -0.25) is 14.9 Å². The fourth-order valence-corrected chi connectivity index (χ4v) is 2.56. The van der Waals surface area contributed by atoms with E-state index in [0.29, 0.717) is 13.0 Å². The number of likely N-dealkylation sites (tertiary alicyclic amines) is 1. The summed E-state index contributed by atoms with van der Waals surface area (Å²) in [5.41, 5.74) is -0.0666. The molecule has 22 heavy (non-hydrogen) atoms. The van der Waals surface area contributed by atoms with Crippen LogP contribution in [-0.4, -0.2) is 46.5 Å². The first-order chi connectivity index (χ1) is 10.5. The van der Waals surface area contributed by atoms with Crippen molar-refractivity contribution in [2.24, 2.45) is 0 Å². The molecule has 1 fully saturated rings. The number of carboxylic acids is 1. The van der Waals surface area contributed by atoms with Crippen LogP contribution in [0, 0.1) is 10.1 Å². The number of carbonyl (C=O) groups is 2. The molecule has 1 aliphatic rings. The summed E-state index contributed by atoms with van der Waals surface area (Å²) in [4.78, 5) is 35.3. The highest BCUT2D eigenvalue weighted by atomic mass is 16.6. The highest BCUT2D eigenvalue weighted by Gasteiger charge is 2.33. The maximum atomic E-state index is 12.6. The molecule has 1 amide bonds. The van der Waals surface area contributed by atoms with E-state index in [-0.39, 0.29) is 17.0 Å². The van der Waals surface area contributed by atoms with Crippen molar-refractivity contribution in [2.45, 2.75) is 25.3 Å². The monoisotopic (exact) mass is 308 g/mol. The summed E-state index contributed by atoms with van der Waals surface area (Å²) in [7, 11) is 1.31. The van der Waals surface area contributed by atoms with E-state index in [1.807, 2.05) is 0 Å². The molecule has 1 heterocycles. The maximum Gasteiger partial charge on any atom is 0.326 e. The second kappa shape index (κ2) is 6.42. The summed E-state index contributed by atoms with van der Waals surface area (Å²) < 4.78 is 5.04. The van der Waals surface area contributed by atoms with Crippen molar-refractivity contribution in [1.29, 1.82) is 0 Å². The first kappa shape index (κ1) is 15.7. The summed E-state index contributed by atoms with van der Waals surface area (Å²) in [5, 5.41) is 20.0. The largest absolute Gasteiger partial charge is 0.496 e. The molecule has 1 aromatic carbocycles. The lowest BCUT2D eigenvalue weighted by molar-refractivity contribution is -0.384. The second-order valence-electron chi connectivity index (χ2n) is 4.99. The molecule has 1 saturated heterocycles. The van der Waals surface area contributed by atoms with Crippen LogP contribution in [0.2, 0.25) is 0 Å². The molecule has 1 N–H and O–H groups in total. The highest BCUT2D eigenvalue weighted by molar-refractivity contribution is 5.99. The number of aliphatic carboxylic acids is 1. The molecule has 0 radical (unpaired) electrons. The molecule has 0 saturated carbocycles. The highest BCUT2D eigenvalue weighted by Crippen LogP contribution is 2.28. The van der Waals surface area contributed by atoms with Gasteiger partial charge in [0, 0.05) is 12.6 Å². The fourth-order valence-electron chi connectivity index (χ4n) is 2.56. The van der Waals surface area contributed by atoms with Gasteiger partial charge in [0.15, 0.2) is 0 Å². The molecule has 0 spiro atoms. The lowest BCUT2D eigenvalue weighted by Gasteiger charge is -2.33. The Labute approximate surface area is 126 Å². The van der Waals surface area contributed by atoms with Crippen LogP contribution in [0.1, 0.15) is 29.6 Å². The number of carboxylic acid groups (broad SMARTS) is 1. The summed E-state index contributed by atoms with van der Waals surface area (Å²) in [6.45, 7) is 0.343. The molecule has 1 aliphatic heterocycles. The number of hydrogen-bond donors (Lipinski definition) is 1. The first-order valence-corrected chi connectivity index (χ1v) is 6.82. The number of amides is 1. The Balaban J connectivity index is 2.35. The Morgan fingerprint density at radius 3 is 2.73 bits per heavy atom. The number of rotatable bonds is 4. The standard InChI is InChI=1S/C14H16N2O6/c1-22-12-8-9(16(20)21)5-6-10(12)13(17)15-7-3-2-4-11(15)14(18)19/h5-6,8,11H,2-4,7H2,1H3,(H,18,19). The number of benzene rings is 1. The number of non-ortho nitro benzene ring substituents is 1. The molecule has 8 nitrogen and oxygen atoms in total. The first-order valence-electron chi connectivity index (χ1n) is 6.82. The minimum atomic E-state index is -1.05. The molecule has 8 heteroatoms. The predicted octanol–water partition coefficient (Wildman–Crippen LogP) is 1.68. The van der Waals surface area contributed by atoms with Gasteiger partial charge in [-0.25, -0.2) is 4.79 Å². The van der Waals surface area contributed by atoms with Gasteiger partial charge in [-0.05, 0) is 25.3 Å². The SMILES string of the molecule is COc1cc([N+](=O)[O-])ccc1C(=O)N1CCCCC1C(=O)O. The van der Waals surface area contributed by atoms with Crippen LogP contribution in [0.25, 0.3) is 0 Å². The van der Waals surface area contributed by atoms with E-state index >= 15 is 0 Å². The smallest absolute Gasteiger partial charge is 0.326 e. The third kappa shape index (κ3) is 3.00. The number of nitro groups is 1. The van der Waals surface area contributed by atoms with E-state index in [9.17, 15) is 24.8 Å². The summed E-state index contributed by atoms with van der Waals surface area (Å²) in [6.07, 6.45) is 1.87. The quantitative estimate of drug-likeness (QED) is 0.669. The van der Waals surface area contributed by atoms with Crippen molar-refractivity contribution in [1.82, 2.24) is 4.90 Å². The van der Waals surface area contributed by atoms with E-state index in [4.69, 9.17) is 4.74 Å². The Kier molecular flexibility index (Phi) is 4.59. The lowest BCUT2D eigenvalue weighted by atomic mass is 10.0. The number of piperidine rings is 1. The number of nitrogens with zero attached hydrogens (tertiary/aromatic N) is 2. The topological polar surface area (TPSA) is 110 Å². The molecular weight excluding hydrogens is 292 g/mol. The lowest BCUT2D eigenvalue weighted by Crippen LogP contribution is -2.48.